The zero-order valence-corrected chi connectivity index (χ0v) is 3.38. The summed E-state index contributed by atoms with van der Waals surface area (Å²) < 4.78 is 15.4. The van der Waals surface area contributed by atoms with Crippen molar-refractivity contribution in [2.24, 2.45) is 0 Å². The van der Waals surface area contributed by atoms with Crippen LogP contribution < -0.4 is 0 Å². The SMILES string of the molecule is [CH2-]O.[O]=[Co][OH]. The van der Waals surface area contributed by atoms with Gasteiger partial charge in [0.2, 0.25) is 0 Å². The molecule has 4 heteroatoms. The van der Waals surface area contributed by atoms with Gasteiger partial charge in [0.15, 0.2) is 0 Å². The quantitative estimate of drug-likeness (QED) is 0.426. The van der Waals surface area contributed by atoms with Gasteiger partial charge in [-0.3, -0.25) is 0 Å². The van der Waals surface area contributed by atoms with E-state index in [4.69, 9.17) is 13.2 Å². The predicted molar refractivity (Wildman–Crippen MR) is 10.2 cm³/mol. The van der Waals surface area contributed by atoms with E-state index in [1.165, 1.54) is 0 Å². The fourth-order valence-corrected chi connectivity index (χ4v) is 0. The molecule has 0 fully saturated rings. The summed E-state index contributed by atoms with van der Waals surface area (Å²) in [6.45, 7) is 0. The van der Waals surface area contributed by atoms with Gasteiger partial charge in [-0.1, -0.05) is 0 Å². The molecule has 2 N–H and O–H groups in total. The van der Waals surface area contributed by atoms with E-state index in [0.717, 1.165) is 0 Å². The van der Waals surface area contributed by atoms with Gasteiger partial charge in [0.05, 0.1) is 0 Å². The first-order valence-electron chi connectivity index (χ1n) is 0.601. The van der Waals surface area contributed by atoms with Gasteiger partial charge in [0.1, 0.15) is 0 Å². The van der Waals surface area contributed by atoms with E-state index in [0.29, 0.717) is 0 Å². The Bertz CT molecular complexity index is 14.4. The van der Waals surface area contributed by atoms with Crippen molar-refractivity contribution in [2.45, 2.75) is 0 Å². The molecule has 0 saturated carbocycles. The first-order valence-corrected chi connectivity index (χ1v) is 1.49. The van der Waals surface area contributed by atoms with Crippen LogP contribution in [0.3, 0.4) is 0 Å². The summed E-state index contributed by atoms with van der Waals surface area (Å²) >= 11 is -0.812. The molecule has 0 aliphatic carbocycles. The van der Waals surface area contributed by atoms with Crippen LogP contribution in [0.4, 0.5) is 0 Å². The molecule has 5 heavy (non-hydrogen) atoms. The van der Waals surface area contributed by atoms with Crippen LogP contribution in [-0.4, -0.2) is 9.33 Å². The summed E-state index contributed by atoms with van der Waals surface area (Å²) in [6.07, 6.45) is 0. The van der Waals surface area contributed by atoms with E-state index in [-0.39, 0.29) is 0 Å². The Hall–Kier alpha value is 0.226. The van der Waals surface area contributed by atoms with Crippen LogP contribution >= 0.6 is 0 Å². The molecule has 3 nitrogen and oxygen atoms in total. The predicted octanol–water partition coefficient (Wildman–Crippen LogP) is -0.528. The van der Waals surface area contributed by atoms with Gasteiger partial charge in [-0.25, -0.2) is 7.11 Å². The Morgan fingerprint density at radius 1 is 1.60 bits per heavy atom. The topological polar surface area (TPSA) is 57.5 Å². The summed E-state index contributed by atoms with van der Waals surface area (Å²) in [7, 11) is 2.25. The first-order chi connectivity index (χ1) is 2.41. The van der Waals surface area contributed by atoms with E-state index < -0.39 is 15.0 Å². The van der Waals surface area contributed by atoms with Crippen molar-refractivity contribution in [3.05, 3.63) is 7.11 Å². The Labute approximate surface area is 36.1 Å². The Morgan fingerprint density at radius 3 is 1.60 bits per heavy atom. The maximum atomic E-state index is 8.45. The minimum absolute atomic E-state index is 0.812. The first kappa shape index (κ1) is 8.97. The Morgan fingerprint density at radius 2 is 1.60 bits per heavy atom. The molecule has 0 rings (SSSR count). The number of aliphatic hydroxyl groups excluding tert-OH is 1. The zero-order valence-electron chi connectivity index (χ0n) is 2.34. The molecule has 36 valence electrons. The molecule has 0 radical (unpaired) electrons. The average molecular weight is 123 g/mol. The number of hydrogen-bond donors (Lipinski definition) is 2. The number of rotatable bonds is 0. The summed E-state index contributed by atoms with van der Waals surface area (Å²) in [5, 5.41) is 6.75. The molecule has 0 unspecified atom stereocenters. The normalized spacial score (nSPS) is 5.40. The van der Waals surface area contributed by atoms with Gasteiger partial charge >= 0.3 is 23.0 Å². The number of hydrogen-bond acceptors (Lipinski definition) is 2. The van der Waals surface area contributed by atoms with Gasteiger partial charge in [0, 0.05) is 0 Å². The molecule has 0 aliphatic heterocycles. The van der Waals surface area contributed by atoms with Crippen molar-refractivity contribution >= 4 is 0 Å². The van der Waals surface area contributed by atoms with Crippen LogP contribution in [0.2, 0.25) is 0 Å². The molecular weight excluding hydrogens is 119 g/mol. The molecule has 0 bridgehead atoms. The van der Waals surface area contributed by atoms with Gasteiger partial charge in [-0.2, -0.15) is 0 Å². The summed E-state index contributed by atoms with van der Waals surface area (Å²) in [6, 6.07) is 0. The molecule has 0 spiro atoms. The molecule has 0 aromatic rings. The van der Waals surface area contributed by atoms with Crippen molar-refractivity contribution in [3.63, 3.8) is 0 Å². The van der Waals surface area contributed by atoms with Gasteiger partial charge in [0.25, 0.3) is 0 Å². The van der Waals surface area contributed by atoms with E-state index in [9.17, 15) is 0 Å². The molecule has 0 atom stereocenters. The average Bonchev–Trinajstić information content (AvgIpc) is 1.46. The van der Waals surface area contributed by atoms with Crippen LogP contribution in [-0.2, 0) is 18.8 Å². The Kier molecular flexibility index (Phi) is 52.5. The van der Waals surface area contributed by atoms with Crippen LogP contribution in [0.15, 0.2) is 0 Å². The van der Waals surface area contributed by atoms with Crippen molar-refractivity contribution in [3.8, 4) is 0 Å². The van der Waals surface area contributed by atoms with Crippen molar-refractivity contribution in [1.29, 1.82) is 0 Å². The van der Waals surface area contributed by atoms with E-state index in [1.807, 2.05) is 0 Å². The zero-order chi connectivity index (χ0) is 4.71. The minimum atomic E-state index is -0.812. The maximum absolute atomic E-state index is 8.45. The molecular formula is CH4CoO3-. The third-order valence-electron chi connectivity index (χ3n) is 0. The van der Waals surface area contributed by atoms with Crippen LogP contribution in [0.5, 0.6) is 0 Å². The van der Waals surface area contributed by atoms with Crippen LogP contribution in [0, 0.1) is 7.11 Å². The monoisotopic (exact) mass is 123 g/mol. The molecule has 0 saturated heterocycles. The number of aliphatic hydroxyl groups is 1. The van der Waals surface area contributed by atoms with Crippen LogP contribution in [0.25, 0.3) is 0 Å². The Balaban J connectivity index is 0. The van der Waals surface area contributed by atoms with Crippen molar-refractivity contribution in [1.82, 2.24) is 0 Å². The molecule has 0 amide bonds. The van der Waals surface area contributed by atoms with Crippen molar-refractivity contribution in [2.75, 3.05) is 0 Å². The van der Waals surface area contributed by atoms with Gasteiger partial charge in [-0.15, -0.1) is 0 Å². The van der Waals surface area contributed by atoms with Gasteiger partial charge in [-0.05, 0) is 0 Å². The molecule has 0 aromatic heterocycles. The molecule has 0 aliphatic rings. The van der Waals surface area contributed by atoms with E-state index >= 15 is 0 Å². The van der Waals surface area contributed by atoms with Gasteiger partial charge < -0.3 is 5.11 Å². The fourth-order valence-electron chi connectivity index (χ4n) is 0. The van der Waals surface area contributed by atoms with E-state index in [2.05, 4.69) is 7.11 Å². The molecule has 0 heterocycles. The summed E-state index contributed by atoms with van der Waals surface area (Å²) in [4.78, 5) is 0. The second kappa shape index (κ2) is 29.2. The van der Waals surface area contributed by atoms with Crippen LogP contribution in [0.1, 0.15) is 0 Å². The van der Waals surface area contributed by atoms with Crippen molar-refractivity contribution < 1.29 is 28.1 Å². The third-order valence-corrected chi connectivity index (χ3v) is 0. The second-order valence-corrected chi connectivity index (χ2v) is 0.251. The second-order valence-electron chi connectivity index (χ2n) is 0.0609. The fraction of sp³-hybridized carbons (Fsp3) is 0. The van der Waals surface area contributed by atoms with E-state index in [1.54, 1.807) is 0 Å². The molecule has 0 aromatic carbocycles. The summed E-state index contributed by atoms with van der Waals surface area (Å²) in [5.41, 5.74) is 0. The summed E-state index contributed by atoms with van der Waals surface area (Å²) in [5.74, 6) is 0. The third kappa shape index (κ3) is 408. The standard InChI is InChI=1S/CH3O.Co.H2O.O/c1-2;;;/h2H,1H2;;1H2;/q-1;+1;;/p-1.